The van der Waals surface area contributed by atoms with Crippen LogP contribution < -0.4 is 16.0 Å². The zero-order valence-electron chi connectivity index (χ0n) is 11.7. The average Bonchev–Trinajstić information content (AvgIpc) is 2.47. The quantitative estimate of drug-likeness (QED) is 0.585. The number of nitrogens with two attached hydrogens (primary N) is 1. The molecule has 1 aromatic heterocycles. The second kappa shape index (κ2) is 5.75. The zero-order chi connectivity index (χ0) is 14.7. The van der Waals surface area contributed by atoms with E-state index in [1.54, 1.807) is 18.2 Å². The lowest BCUT2D eigenvalue weighted by Crippen LogP contribution is -2.11. The van der Waals surface area contributed by atoms with Crippen LogP contribution in [0.4, 0.5) is 5.82 Å². The Labute approximate surface area is 117 Å². The molecule has 106 valence electrons. The highest BCUT2D eigenvalue weighted by atomic mass is 16.5. The van der Waals surface area contributed by atoms with E-state index in [9.17, 15) is 5.11 Å². The second-order valence-corrected chi connectivity index (χ2v) is 4.69. The van der Waals surface area contributed by atoms with Crippen LogP contribution >= 0.6 is 0 Å². The number of phenols is 1. The highest BCUT2D eigenvalue weighted by Gasteiger charge is 2.11. The Morgan fingerprint density at radius 2 is 2.00 bits per heavy atom. The van der Waals surface area contributed by atoms with E-state index in [1.165, 1.54) is 7.11 Å². The normalized spacial score (nSPS) is 10.7. The first-order chi connectivity index (χ1) is 9.55. The number of anilines is 1. The average molecular weight is 274 g/mol. The van der Waals surface area contributed by atoms with Gasteiger partial charge in [0.2, 0.25) is 0 Å². The molecule has 0 atom stereocenters. The smallest absolute Gasteiger partial charge is 0.161 e. The molecule has 2 aromatic rings. The van der Waals surface area contributed by atoms with Crippen molar-refractivity contribution in [1.82, 2.24) is 9.97 Å². The number of aromatic nitrogens is 2. The molecule has 0 saturated heterocycles. The van der Waals surface area contributed by atoms with E-state index >= 15 is 0 Å². The molecular formula is C14H18N4O2. The maximum absolute atomic E-state index is 9.63. The van der Waals surface area contributed by atoms with Gasteiger partial charge in [0.05, 0.1) is 7.11 Å². The van der Waals surface area contributed by atoms with Gasteiger partial charge in [0.15, 0.2) is 17.3 Å². The maximum Gasteiger partial charge on any atom is 0.161 e. The van der Waals surface area contributed by atoms with Crippen LogP contribution in [0.25, 0.3) is 11.4 Å². The van der Waals surface area contributed by atoms with Gasteiger partial charge in [-0.15, -0.1) is 0 Å². The number of rotatable bonds is 4. The van der Waals surface area contributed by atoms with E-state index in [2.05, 4.69) is 15.4 Å². The summed E-state index contributed by atoms with van der Waals surface area (Å²) in [5.41, 5.74) is 4.17. The topological polar surface area (TPSA) is 93.3 Å². The van der Waals surface area contributed by atoms with Gasteiger partial charge in [0, 0.05) is 17.3 Å². The van der Waals surface area contributed by atoms with E-state index in [-0.39, 0.29) is 11.7 Å². The highest BCUT2D eigenvalue weighted by molar-refractivity contribution is 5.62. The number of methoxy groups -OCH3 is 1. The Balaban J connectivity index is 2.53. The molecule has 0 fully saturated rings. The van der Waals surface area contributed by atoms with Crippen molar-refractivity contribution in [3.63, 3.8) is 0 Å². The molecule has 0 spiro atoms. The molecule has 1 aromatic carbocycles. The number of benzene rings is 1. The van der Waals surface area contributed by atoms with Crippen molar-refractivity contribution in [3.8, 4) is 22.9 Å². The summed E-state index contributed by atoms with van der Waals surface area (Å²) < 4.78 is 5.10. The summed E-state index contributed by atoms with van der Waals surface area (Å²) in [6.45, 7) is 4.09. The van der Waals surface area contributed by atoms with E-state index < -0.39 is 0 Å². The van der Waals surface area contributed by atoms with Crippen molar-refractivity contribution >= 4 is 5.82 Å². The minimum Gasteiger partial charge on any atom is -0.504 e. The number of aromatic hydroxyl groups is 1. The van der Waals surface area contributed by atoms with Crippen molar-refractivity contribution in [1.29, 1.82) is 0 Å². The third-order valence-electron chi connectivity index (χ3n) is 2.92. The molecule has 0 aliphatic heterocycles. The number of ether oxygens (including phenoxy) is 1. The lowest BCUT2D eigenvalue weighted by atomic mass is 10.1. The van der Waals surface area contributed by atoms with Crippen molar-refractivity contribution < 1.29 is 9.84 Å². The summed E-state index contributed by atoms with van der Waals surface area (Å²) in [5, 5.41) is 9.63. The van der Waals surface area contributed by atoms with Gasteiger partial charge in [-0.3, -0.25) is 0 Å². The Morgan fingerprint density at radius 3 is 2.60 bits per heavy atom. The van der Waals surface area contributed by atoms with E-state index in [0.29, 0.717) is 17.4 Å². The Bertz CT molecular complexity index is 614. The van der Waals surface area contributed by atoms with Gasteiger partial charge in [-0.25, -0.2) is 15.8 Å². The first kappa shape index (κ1) is 14.1. The first-order valence-electron chi connectivity index (χ1n) is 6.28. The highest BCUT2D eigenvalue weighted by Crippen LogP contribution is 2.31. The van der Waals surface area contributed by atoms with Crippen LogP contribution in [-0.4, -0.2) is 22.2 Å². The minimum absolute atomic E-state index is 0.0773. The summed E-state index contributed by atoms with van der Waals surface area (Å²) in [7, 11) is 1.50. The third kappa shape index (κ3) is 2.80. The zero-order valence-corrected chi connectivity index (χ0v) is 11.7. The summed E-state index contributed by atoms with van der Waals surface area (Å²) >= 11 is 0. The fraction of sp³-hybridized carbons (Fsp3) is 0.286. The number of hydrogen-bond donors (Lipinski definition) is 3. The molecule has 0 amide bonds. The van der Waals surface area contributed by atoms with Crippen molar-refractivity contribution in [2.45, 2.75) is 19.8 Å². The molecule has 0 unspecified atom stereocenters. The molecule has 1 heterocycles. The summed E-state index contributed by atoms with van der Waals surface area (Å²) in [6.07, 6.45) is 0. The fourth-order valence-electron chi connectivity index (χ4n) is 1.78. The van der Waals surface area contributed by atoms with Gasteiger partial charge in [0.1, 0.15) is 5.82 Å². The SMILES string of the molecule is COc1cc(-c2nc(NN)cc(C(C)C)n2)ccc1O. The second-order valence-electron chi connectivity index (χ2n) is 4.69. The number of phenolic OH excluding ortho intramolecular Hbond substituents is 1. The van der Waals surface area contributed by atoms with Crippen LogP contribution in [0.2, 0.25) is 0 Å². The molecule has 6 heteroatoms. The summed E-state index contributed by atoms with van der Waals surface area (Å²) in [4.78, 5) is 8.84. The van der Waals surface area contributed by atoms with E-state index in [1.807, 2.05) is 19.9 Å². The van der Waals surface area contributed by atoms with Crippen molar-refractivity contribution in [2.75, 3.05) is 12.5 Å². The molecule has 2 rings (SSSR count). The van der Waals surface area contributed by atoms with Gasteiger partial charge in [-0.2, -0.15) is 0 Å². The third-order valence-corrected chi connectivity index (χ3v) is 2.92. The van der Waals surface area contributed by atoms with Gasteiger partial charge < -0.3 is 15.3 Å². The predicted octanol–water partition coefficient (Wildman–Crippen LogP) is 2.27. The lowest BCUT2D eigenvalue weighted by molar-refractivity contribution is 0.373. The molecule has 0 bridgehead atoms. The van der Waals surface area contributed by atoms with Gasteiger partial charge in [0.25, 0.3) is 0 Å². The molecule has 0 radical (unpaired) electrons. The largest absolute Gasteiger partial charge is 0.504 e. The van der Waals surface area contributed by atoms with Gasteiger partial charge in [-0.1, -0.05) is 13.8 Å². The van der Waals surface area contributed by atoms with Crippen molar-refractivity contribution in [2.24, 2.45) is 5.84 Å². The Hall–Kier alpha value is -2.34. The van der Waals surface area contributed by atoms with E-state index in [0.717, 1.165) is 11.3 Å². The number of nitrogens with zero attached hydrogens (tertiary/aromatic N) is 2. The Kier molecular flexibility index (Phi) is 4.05. The molecule has 6 nitrogen and oxygen atoms in total. The molecule has 0 aliphatic carbocycles. The van der Waals surface area contributed by atoms with Gasteiger partial charge in [-0.05, 0) is 24.1 Å². The summed E-state index contributed by atoms with van der Waals surface area (Å²) in [6, 6.07) is 6.79. The van der Waals surface area contributed by atoms with Crippen LogP contribution in [0, 0.1) is 0 Å². The number of nitrogen functional groups attached to an aromatic ring is 1. The number of hydrogen-bond acceptors (Lipinski definition) is 6. The van der Waals surface area contributed by atoms with Gasteiger partial charge >= 0.3 is 0 Å². The fourth-order valence-corrected chi connectivity index (χ4v) is 1.78. The molecule has 0 aliphatic rings. The van der Waals surface area contributed by atoms with Crippen LogP contribution in [0.5, 0.6) is 11.5 Å². The van der Waals surface area contributed by atoms with E-state index in [4.69, 9.17) is 10.6 Å². The minimum atomic E-state index is 0.0773. The first-order valence-corrected chi connectivity index (χ1v) is 6.28. The van der Waals surface area contributed by atoms with Crippen LogP contribution in [0.3, 0.4) is 0 Å². The Morgan fingerprint density at radius 1 is 1.25 bits per heavy atom. The molecular weight excluding hydrogens is 256 g/mol. The predicted molar refractivity (Wildman–Crippen MR) is 77.6 cm³/mol. The molecule has 0 saturated carbocycles. The maximum atomic E-state index is 9.63. The monoisotopic (exact) mass is 274 g/mol. The van der Waals surface area contributed by atoms with Crippen LogP contribution in [0.1, 0.15) is 25.5 Å². The number of hydrazine groups is 1. The molecule has 20 heavy (non-hydrogen) atoms. The van der Waals surface area contributed by atoms with Crippen LogP contribution in [0.15, 0.2) is 24.3 Å². The number of nitrogens with one attached hydrogen (secondary N) is 1. The van der Waals surface area contributed by atoms with Crippen LogP contribution in [-0.2, 0) is 0 Å². The lowest BCUT2D eigenvalue weighted by Gasteiger charge is -2.11. The molecule has 4 N–H and O–H groups in total. The standard InChI is InChI=1S/C14H18N4O2/c1-8(2)10-7-13(18-15)17-14(16-10)9-4-5-11(19)12(6-9)20-3/h4-8,19H,15H2,1-3H3,(H,16,17,18). The summed E-state index contributed by atoms with van der Waals surface area (Å²) in [5.74, 6) is 7.23. The van der Waals surface area contributed by atoms with Crippen molar-refractivity contribution in [3.05, 3.63) is 30.0 Å².